The maximum Gasteiger partial charge on any atom is 0.254 e. The van der Waals surface area contributed by atoms with Gasteiger partial charge in [-0.25, -0.2) is 8.42 Å². The monoisotopic (exact) mass is 280 g/mol. The Morgan fingerprint density at radius 2 is 2.06 bits per heavy atom. The first kappa shape index (κ1) is 14.5. The molecule has 0 spiro atoms. The topological polar surface area (TPSA) is 89.3 Å². The van der Waals surface area contributed by atoms with Gasteiger partial charge in [0.05, 0.1) is 4.75 Å². The lowest BCUT2D eigenvalue weighted by atomic mass is 10.2. The van der Waals surface area contributed by atoms with E-state index in [0.29, 0.717) is 19.3 Å². The van der Waals surface area contributed by atoms with E-state index in [-0.39, 0.29) is 18.3 Å². The van der Waals surface area contributed by atoms with Crippen LogP contribution in [0.1, 0.15) is 26.2 Å². The fourth-order valence-corrected chi connectivity index (χ4v) is 2.96. The highest BCUT2D eigenvalue weighted by atomic mass is 35.5. The molecule has 2 fully saturated rings. The summed E-state index contributed by atoms with van der Waals surface area (Å²) in [5.41, 5.74) is 4.70. The van der Waals surface area contributed by atoms with Crippen LogP contribution in [0.25, 0.3) is 0 Å². The maximum absolute atomic E-state index is 11.8. The summed E-state index contributed by atoms with van der Waals surface area (Å²) in [5.74, 6) is -0.722. The van der Waals surface area contributed by atoms with Gasteiger partial charge in [0.25, 0.3) is 5.91 Å². The molecule has 0 heterocycles. The van der Waals surface area contributed by atoms with Gasteiger partial charge in [-0.05, 0) is 26.2 Å². The molecular formula is C10H17ClN2O3S. The molecule has 98 valence electrons. The molecule has 2 rings (SSSR count). The Bertz CT molecular complexity index is 458. The van der Waals surface area contributed by atoms with E-state index < -0.39 is 26.2 Å². The first-order chi connectivity index (χ1) is 7.25. The molecule has 17 heavy (non-hydrogen) atoms. The van der Waals surface area contributed by atoms with Crippen molar-refractivity contribution in [2.75, 3.05) is 0 Å². The predicted octanol–water partition coefficient (Wildman–Crippen LogP) is 0.310. The SMILES string of the molecule is C=C[C@H]1CC1(N)C(=O)NS(=O)(=O)C1(C)CC1.Cl. The van der Waals surface area contributed by atoms with Crippen LogP contribution >= 0.6 is 12.4 Å². The minimum atomic E-state index is -3.57. The highest BCUT2D eigenvalue weighted by Crippen LogP contribution is 2.45. The molecule has 7 heteroatoms. The molecule has 1 amide bonds. The summed E-state index contributed by atoms with van der Waals surface area (Å²) in [6, 6.07) is 0. The van der Waals surface area contributed by atoms with Crippen LogP contribution in [0.3, 0.4) is 0 Å². The first-order valence-corrected chi connectivity index (χ1v) is 6.72. The van der Waals surface area contributed by atoms with Gasteiger partial charge in [0.1, 0.15) is 5.54 Å². The highest BCUT2D eigenvalue weighted by Gasteiger charge is 2.58. The summed E-state index contributed by atoms with van der Waals surface area (Å²) in [6.45, 7) is 5.18. The fourth-order valence-electron chi connectivity index (χ4n) is 1.64. The summed E-state index contributed by atoms with van der Waals surface area (Å²) in [4.78, 5) is 11.7. The van der Waals surface area contributed by atoms with Crippen molar-refractivity contribution in [2.24, 2.45) is 11.7 Å². The summed E-state index contributed by atoms with van der Waals surface area (Å²) in [6.07, 6.45) is 3.25. The van der Waals surface area contributed by atoms with E-state index in [1.165, 1.54) is 0 Å². The zero-order chi connectivity index (χ0) is 12.2. The molecule has 5 nitrogen and oxygen atoms in total. The Morgan fingerprint density at radius 1 is 1.53 bits per heavy atom. The summed E-state index contributed by atoms with van der Waals surface area (Å²) in [5, 5.41) is 0. The van der Waals surface area contributed by atoms with E-state index in [1.807, 2.05) is 0 Å². The minimum Gasteiger partial charge on any atom is -0.317 e. The van der Waals surface area contributed by atoms with Crippen molar-refractivity contribution >= 4 is 28.3 Å². The number of sulfonamides is 1. The van der Waals surface area contributed by atoms with Crippen LogP contribution in [0.15, 0.2) is 12.7 Å². The van der Waals surface area contributed by atoms with Crippen LogP contribution in [0.2, 0.25) is 0 Å². The third kappa shape index (κ3) is 2.21. The molecule has 2 aliphatic carbocycles. The predicted molar refractivity (Wildman–Crippen MR) is 67.2 cm³/mol. The molecule has 2 atom stereocenters. The lowest BCUT2D eigenvalue weighted by Gasteiger charge is -2.15. The second-order valence-corrected chi connectivity index (χ2v) is 7.17. The smallest absolute Gasteiger partial charge is 0.254 e. The van der Waals surface area contributed by atoms with Crippen molar-refractivity contribution in [2.45, 2.75) is 36.5 Å². The molecule has 0 aromatic rings. The average Bonchev–Trinajstić information content (AvgIpc) is 3.04. The number of amides is 1. The normalized spacial score (nSPS) is 33.2. The number of hydrogen-bond acceptors (Lipinski definition) is 4. The number of rotatable bonds is 4. The second kappa shape index (κ2) is 3.96. The lowest BCUT2D eigenvalue weighted by molar-refractivity contribution is -0.121. The Labute approximate surface area is 107 Å². The van der Waals surface area contributed by atoms with Gasteiger partial charge in [-0.15, -0.1) is 19.0 Å². The van der Waals surface area contributed by atoms with E-state index in [2.05, 4.69) is 11.3 Å². The van der Waals surface area contributed by atoms with Crippen LogP contribution < -0.4 is 10.5 Å². The molecule has 1 unspecified atom stereocenters. The molecular weight excluding hydrogens is 264 g/mol. The molecule has 2 saturated carbocycles. The Balaban J connectivity index is 0.00000144. The standard InChI is InChI=1S/C10H16N2O3S.ClH/c1-3-7-6-10(7,11)8(13)12-16(14,15)9(2)4-5-9;/h3,7H,1,4-6,11H2,2H3,(H,12,13);1H/t7-,10?;/m0./s1. The zero-order valence-corrected chi connectivity index (χ0v) is 11.2. The van der Waals surface area contributed by atoms with E-state index in [9.17, 15) is 13.2 Å². The van der Waals surface area contributed by atoms with Crippen molar-refractivity contribution in [3.8, 4) is 0 Å². The van der Waals surface area contributed by atoms with Crippen molar-refractivity contribution in [1.29, 1.82) is 0 Å². The third-order valence-electron chi connectivity index (χ3n) is 3.60. The van der Waals surface area contributed by atoms with Crippen molar-refractivity contribution in [3.05, 3.63) is 12.7 Å². The van der Waals surface area contributed by atoms with Gasteiger partial charge >= 0.3 is 0 Å². The van der Waals surface area contributed by atoms with Crippen molar-refractivity contribution in [3.63, 3.8) is 0 Å². The molecule has 0 saturated heterocycles. The highest BCUT2D eigenvalue weighted by molar-refractivity contribution is 7.91. The van der Waals surface area contributed by atoms with Crippen molar-refractivity contribution < 1.29 is 13.2 Å². The van der Waals surface area contributed by atoms with Crippen LogP contribution in [-0.2, 0) is 14.8 Å². The van der Waals surface area contributed by atoms with E-state index in [4.69, 9.17) is 5.73 Å². The second-order valence-electron chi connectivity index (χ2n) is 4.97. The summed E-state index contributed by atoms with van der Waals surface area (Å²) >= 11 is 0. The number of halogens is 1. The molecule has 0 radical (unpaired) electrons. The van der Waals surface area contributed by atoms with Gasteiger partial charge in [-0.3, -0.25) is 9.52 Å². The number of hydrogen-bond donors (Lipinski definition) is 2. The Hall–Kier alpha value is -0.590. The lowest BCUT2D eigenvalue weighted by Crippen LogP contribution is -2.49. The molecule has 2 aliphatic rings. The number of nitrogens with two attached hydrogens (primary N) is 1. The quantitative estimate of drug-likeness (QED) is 0.726. The van der Waals surface area contributed by atoms with Crippen LogP contribution in [0, 0.1) is 5.92 Å². The van der Waals surface area contributed by atoms with Gasteiger partial charge in [0.15, 0.2) is 0 Å². The first-order valence-electron chi connectivity index (χ1n) is 5.23. The fraction of sp³-hybridized carbons (Fsp3) is 0.700. The van der Waals surface area contributed by atoms with Gasteiger partial charge in [0.2, 0.25) is 10.0 Å². The van der Waals surface area contributed by atoms with Crippen LogP contribution in [0.5, 0.6) is 0 Å². The Morgan fingerprint density at radius 3 is 2.41 bits per heavy atom. The minimum absolute atomic E-state index is 0. The van der Waals surface area contributed by atoms with Crippen LogP contribution in [0.4, 0.5) is 0 Å². The maximum atomic E-state index is 11.8. The molecule has 0 bridgehead atoms. The van der Waals surface area contributed by atoms with Gasteiger partial charge in [0, 0.05) is 5.92 Å². The number of nitrogens with one attached hydrogen (secondary N) is 1. The largest absolute Gasteiger partial charge is 0.317 e. The van der Waals surface area contributed by atoms with Crippen LogP contribution in [-0.4, -0.2) is 24.6 Å². The van der Waals surface area contributed by atoms with E-state index in [0.717, 1.165) is 0 Å². The molecule has 0 aromatic heterocycles. The molecule has 0 aliphatic heterocycles. The van der Waals surface area contributed by atoms with Gasteiger partial charge in [-0.2, -0.15) is 0 Å². The Kier molecular flexibility index (Phi) is 3.37. The van der Waals surface area contributed by atoms with E-state index in [1.54, 1.807) is 13.0 Å². The molecule has 3 N–H and O–H groups in total. The summed E-state index contributed by atoms with van der Waals surface area (Å²) in [7, 11) is -3.57. The van der Waals surface area contributed by atoms with Gasteiger partial charge in [-0.1, -0.05) is 6.08 Å². The van der Waals surface area contributed by atoms with Crippen molar-refractivity contribution in [1.82, 2.24) is 4.72 Å². The number of carbonyl (C=O) groups is 1. The zero-order valence-electron chi connectivity index (χ0n) is 9.60. The van der Waals surface area contributed by atoms with E-state index >= 15 is 0 Å². The van der Waals surface area contributed by atoms with Gasteiger partial charge < -0.3 is 5.73 Å². The number of carbonyl (C=O) groups excluding carboxylic acids is 1. The average molecular weight is 281 g/mol. The molecule has 0 aromatic carbocycles. The summed E-state index contributed by atoms with van der Waals surface area (Å²) < 4.78 is 24.9. The third-order valence-corrected chi connectivity index (χ3v) is 5.76.